The number of rotatable bonds is 5. The molecule has 0 aliphatic carbocycles. The first-order valence-corrected chi connectivity index (χ1v) is 8.95. The lowest BCUT2D eigenvalue weighted by Crippen LogP contribution is -2.29. The third-order valence-electron chi connectivity index (χ3n) is 4.86. The molecule has 0 spiro atoms. The van der Waals surface area contributed by atoms with Crippen molar-refractivity contribution in [1.29, 1.82) is 5.41 Å². The van der Waals surface area contributed by atoms with Crippen LogP contribution >= 0.6 is 0 Å². The molecule has 3 aromatic rings. The Bertz CT molecular complexity index is 1130. The van der Waals surface area contributed by atoms with Gasteiger partial charge in [0.2, 0.25) is 0 Å². The number of nitrogens with one attached hydrogen (secondary N) is 2. The first-order chi connectivity index (χ1) is 13.6. The number of fused-ring (bicyclic) bond motifs is 1. The number of aromatic nitrogens is 2. The first kappa shape index (κ1) is 17.8. The predicted octanol–water partition coefficient (Wildman–Crippen LogP) is 2.74. The minimum atomic E-state index is -0.287. The van der Waals surface area contributed by atoms with Crippen LogP contribution in [0.2, 0.25) is 0 Å². The van der Waals surface area contributed by atoms with E-state index in [0.717, 1.165) is 11.3 Å². The van der Waals surface area contributed by atoms with Crippen molar-refractivity contribution in [1.82, 2.24) is 14.9 Å². The van der Waals surface area contributed by atoms with Crippen molar-refractivity contribution >= 4 is 22.3 Å². The lowest BCUT2D eigenvalue weighted by molar-refractivity contribution is 0.351. The maximum absolute atomic E-state index is 12.3. The summed E-state index contributed by atoms with van der Waals surface area (Å²) in [5, 5.41) is 19.4. The molecule has 0 saturated heterocycles. The molecule has 7 heteroatoms. The Hall–Kier alpha value is -3.61. The maximum Gasteiger partial charge on any atom is 0.259 e. The average molecular weight is 376 g/mol. The van der Waals surface area contributed by atoms with Crippen molar-refractivity contribution in [3.8, 4) is 5.75 Å². The van der Waals surface area contributed by atoms with Crippen LogP contribution in [0.15, 0.2) is 59.1 Å². The van der Waals surface area contributed by atoms with Gasteiger partial charge in [-0.1, -0.05) is 24.3 Å². The molecule has 0 atom stereocenters. The standard InChI is InChI=1S/C21H20N4O3/c1-28-14-8-6-13(7-9-14)10-11-25-12-17(26)18(19(25)22)20-23-16-5-3-2-4-15(16)21(27)24-20/h2-9,22,26H,10-12H2,1H3,(H,23,24,27). The second-order valence-corrected chi connectivity index (χ2v) is 6.62. The van der Waals surface area contributed by atoms with Crippen LogP contribution < -0.4 is 10.3 Å². The van der Waals surface area contributed by atoms with Gasteiger partial charge in [-0.25, -0.2) is 4.98 Å². The van der Waals surface area contributed by atoms with Crippen LogP contribution in [0.4, 0.5) is 0 Å². The molecule has 142 valence electrons. The summed E-state index contributed by atoms with van der Waals surface area (Å²) in [4.78, 5) is 21.2. The van der Waals surface area contributed by atoms with Gasteiger partial charge in [-0.3, -0.25) is 10.2 Å². The van der Waals surface area contributed by atoms with E-state index in [1.807, 2.05) is 24.3 Å². The van der Waals surface area contributed by atoms with Gasteiger partial charge in [0.25, 0.3) is 5.56 Å². The number of H-pyrrole nitrogens is 1. The minimum absolute atomic E-state index is 0.0400. The Balaban J connectivity index is 1.54. The van der Waals surface area contributed by atoms with Crippen molar-refractivity contribution in [2.24, 2.45) is 0 Å². The van der Waals surface area contributed by atoms with E-state index in [-0.39, 0.29) is 35.1 Å². The van der Waals surface area contributed by atoms with Crippen LogP contribution in [-0.2, 0) is 6.42 Å². The summed E-state index contributed by atoms with van der Waals surface area (Å²) < 4.78 is 5.16. The lowest BCUT2D eigenvalue weighted by Gasteiger charge is -2.18. The molecule has 1 aliphatic rings. The Labute approximate surface area is 161 Å². The number of hydrogen-bond acceptors (Lipinski definition) is 5. The third kappa shape index (κ3) is 3.22. The zero-order valence-electron chi connectivity index (χ0n) is 15.4. The molecule has 4 rings (SSSR count). The predicted molar refractivity (Wildman–Crippen MR) is 108 cm³/mol. The van der Waals surface area contributed by atoms with Crippen LogP contribution in [-0.4, -0.2) is 46.0 Å². The number of methoxy groups -OCH3 is 1. The number of nitrogens with zero attached hydrogens (tertiary/aromatic N) is 2. The normalized spacial score (nSPS) is 14.2. The monoisotopic (exact) mass is 376 g/mol. The molecule has 0 unspecified atom stereocenters. The number of amidine groups is 1. The SMILES string of the molecule is COc1ccc(CCN2CC(O)=C(c3nc4ccccc4c(=O)[nH]3)C2=N)cc1. The van der Waals surface area contributed by atoms with Gasteiger partial charge in [-0.05, 0) is 36.2 Å². The summed E-state index contributed by atoms with van der Waals surface area (Å²) >= 11 is 0. The van der Waals surface area contributed by atoms with Crippen LogP contribution in [0.25, 0.3) is 16.5 Å². The van der Waals surface area contributed by atoms with Crippen LogP contribution in [0.1, 0.15) is 11.4 Å². The molecule has 2 heterocycles. The molecule has 1 aliphatic heterocycles. The van der Waals surface area contributed by atoms with E-state index in [9.17, 15) is 9.90 Å². The van der Waals surface area contributed by atoms with Gasteiger partial charge in [0.15, 0.2) is 0 Å². The van der Waals surface area contributed by atoms with E-state index >= 15 is 0 Å². The summed E-state index contributed by atoms with van der Waals surface area (Å²) in [6.45, 7) is 0.789. The van der Waals surface area contributed by atoms with Gasteiger partial charge in [-0.2, -0.15) is 0 Å². The summed E-state index contributed by atoms with van der Waals surface area (Å²) in [7, 11) is 1.63. The van der Waals surface area contributed by atoms with Crippen LogP contribution in [0.5, 0.6) is 5.75 Å². The molecule has 3 N–H and O–H groups in total. The average Bonchev–Trinajstić information content (AvgIpc) is 3.00. The van der Waals surface area contributed by atoms with Gasteiger partial charge in [0.1, 0.15) is 23.2 Å². The third-order valence-corrected chi connectivity index (χ3v) is 4.86. The molecule has 7 nitrogen and oxygen atoms in total. The zero-order chi connectivity index (χ0) is 19.7. The smallest absolute Gasteiger partial charge is 0.259 e. The largest absolute Gasteiger partial charge is 0.510 e. The highest BCUT2D eigenvalue weighted by atomic mass is 16.5. The summed E-state index contributed by atoms with van der Waals surface area (Å²) in [5.74, 6) is 1.21. The fourth-order valence-electron chi connectivity index (χ4n) is 3.33. The Morgan fingerprint density at radius 2 is 1.96 bits per heavy atom. The quantitative estimate of drug-likeness (QED) is 0.635. The summed E-state index contributed by atoms with van der Waals surface area (Å²) in [6, 6.07) is 14.8. The van der Waals surface area contributed by atoms with E-state index in [2.05, 4.69) is 9.97 Å². The van der Waals surface area contributed by atoms with Crippen molar-refractivity contribution in [2.75, 3.05) is 20.2 Å². The molecular formula is C21H20N4O3. The van der Waals surface area contributed by atoms with Gasteiger partial charge < -0.3 is 19.7 Å². The van der Waals surface area contributed by atoms with E-state index in [4.69, 9.17) is 10.1 Å². The minimum Gasteiger partial charge on any atom is -0.510 e. The molecule has 0 bridgehead atoms. The van der Waals surface area contributed by atoms with Crippen molar-refractivity contribution in [2.45, 2.75) is 6.42 Å². The number of benzene rings is 2. The molecule has 28 heavy (non-hydrogen) atoms. The second kappa shape index (κ2) is 7.19. The number of para-hydroxylation sites is 1. The Morgan fingerprint density at radius 1 is 1.21 bits per heavy atom. The molecule has 1 aromatic heterocycles. The second-order valence-electron chi connectivity index (χ2n) is 6.62. The van der Waals surface area contributed by atoms with Gasteiger partial charge in [0, 0.05) is 6.54 Å². The molecule has 0 fully saturated rings. The maximum atomic E-state index is 12.3. The molecule has 2 aromatic carbocycles. The van der Waals surface area contributed by atoms with E-state index < -0.39 is 0 Å². The van der Waals surface area contributed by atoms with E-state index in [0.29, 0.717) is 23.9 Å². The molecular weight excluding hydrogens is 356 g/mol. The number of aliphatic hydroxyl groups excluding tert-OH is 1. The summed E-state index contributed by atoms with van der Waals surface area (Å²) in [5.41, 5.74) is 1.63. The highest BCUT2D eigenvalue weighted by molar-refractivity contribution is 6.22. The number of hydrogen-bond donors (Lipinski definition) is 3. The zero-order valence-corrected chi connectivity index (χ0v) is 15.4. The Morgan fingerprint density at radius 3 is 2.71 bits per heavy atom. The van der Waals surface area contributed by atoms with Gasteiger partial charge in [-0.15, -0.1) is 0 Å². The van der Waals surface area contributed by atoms with Gasteiger partial charge in [0.05, 0.1) is 30.1 Å². The fraction of sp³-hybridized carbons (Fsp3) is 0.190. The number of ether oxygens (including phenoxy) is 1. The Kier molecular flexibility index (Phi) is 4.57. The highest BCUT2D eigenvalue weighted by Crippen LogP contribution is 2.25. The lowest BCUT2D eigenvalue weighted by atomic mass is 10.1. The molecule has 0 amide bonds. The number of aromatic amines is 1. The van der Waals surface area contributed by atoms with Crippen molar-refractivity contribution in [3.05, 3.63) is 76.0 Å². The first-order valence-electron chi connectivity index (χ1n) is 8.95. The fourth-order valence-corrected chi connectivity index (χ4v) is 3.33. The van der Waals surface area contributed by atoms with Crippen LogP contribution in [0, 0.1) is 5.41 Å². The van der Waals surface area contributed by atoms with Crippen LogP contribution in [0.3, 0.4) is 0 Å². The topological polar surface area (TPSA) is 102 Å². The van der Waals surface area contributed by atoms with E-state index in [1.54, 1.807) is 36.3 Å². The number of aliphatic hydroxyl groups is 1. The highest BCUT2D eigenvalue weighted by Gasteiger charge is 2.29. The van der Waals surface area contributed by atoms with E-state index in [1.165, 1.54) is 0 Å². The summed E-state index contributed by atoms with van der Waals surface area (Å²) in [6.07, 6.45) is 0.717. The molecule has 0 radical (unpaired) electrons. The van der Waals surface area contributed by atoms with Crippen molar-refractivity contribution in [3.63, 3.8) is 0 Å². The van der Waals surface area contributed by atoms with Crippen molar-refractivity contribution < 1.29 is 9.84 Å². The molecule has 0 saturated carbocycles. The van der Waals surface area contributed by atoms with Gasteiger partial charge >= 0.3 is 0 Å².